The highest BCUT2D eigenvalue weighted by Gasteiger charge is 2.13. The number of halogens is 1. The Hall–Kier alpha value is -1.71. The smallest absolute Gasteiger partial charge is 0.222 e. The number of nitrogens with zero attached hydrogens (tertiary/aromatic N) is 1. The number of benzene rings is 1. The zero-order valence-corrected chi connectivity index (χ0v) is 12.9. The fourth-order valence-corrected chi connectivity index (χ4v) is 2.24. The van der Waals surface area contributed by atoms with Gasteiger partial charge in [0.25, 0.3) is 0 Å². The van der Waals surface area contributed by atoms with Crippen LogP contribution < -0.4 is 0 Å². The fraction of sp³-hybridized carbons (Fsp3) is 0.529. The van der Waals surface area contributed by atoms with E-state index in [1.807, 2.05) is 18.7 Å². The molecule has 0 heterocycles. The third-order valence-corrected chi connectivity index (χ3v) is 3.30. The summed E-state index contributed by atoms with van der Waals surface area (Å²) in [5.41, 5.74) is 0.503. The third kappa shape index (κ3) is 6.06. The third-order valence-electron chi connectivity index (χ3n) is 3.30. The Kier molecular flexibility index (Phi) is 7.65. The SMILES string of the molecule is CCCN(CCC)C(=O)CCCC(=O)c1ccc(F)cc1. The molecule has 0 aliphatic heterocycles. The molecule has 0 aromatic heterocycles. The maximum absolute atomic E-state index is 12.8. The van der Waals surface area contributed by atoms with E-state index in [9.17, 15) is 14.0 Å². The van der Waals surface area contributed by atoms with Crippen molar-refractivity contribution in [2.75, 3.05) is 13.1 Å². The van der Waals surface area contributed by atoms with E-state index in [1.165, 1.54) is 24.3 Å². The molecular formula is C17H24FNO2. The molecule has 0 fully saturated rings. The van der Waals surface area contributed by atoms with E-state index in [4.69, 9.17) is 0 Å². The summed E-state index contributed by atoms with van der Waals surface area (Å²) in [5, 5.41) is 0. The van der Waals surface area contributed by atoms with Gasteiger partial charge in [0.1, 0.15) is 5.82 Å². The van der Waals surface area contributed by atoms with Crippen LogP contribution in [-0.4, -0.2) is 29.7 Å². The maximum Gasteiger partial charge on any atom is 0.222 e. The average molecular weight is 293 g/mol. The van der Waals surface area contributed by atoms with Crippen molar-refractivity contribution in [1.29, 1.82) is 0 Å². The second-order valence-electron chi connectivity index (χ2n) is 5.16. The van der Waals surface area contributed by atoms with Crippen molar-refractivity contribution in [2.45, 2.75) is 46.0 Å². The maximum atomic E-state index is 12.8. The number of amides is 1. The van der Waals surface area contributed by atoms with Crippen molar-refractivity contribution < 1.29 is 14.0 Å². The Balaban J connectivity index is 2.39. The lowest BCUT2D eigenvalue weighted by Gasteiger charge is -2.21. The van der Waals surface area contributed by atoms with Crippen molar-refractivity contribution in [3.63, 3.8) is 0 Å². The molecule has 116 valence electrons. The Morgan fingerprint density at radius 3 is 2.10 bits per heavy atom. The molecule has 0 N–H and O–H groups in total. The normalized spacial score (nSPS) is 10.4. The number of rotatable bonds is 9. The summed E-state index contributed by atoms with van der Waals surface area (Å²) >= 11 is 0. The molecule has 0 aliphatic carbocycles. The summed E-state index contributed by atoms with van der Waals surface area (Å²) in [6, 6.07) is 5.53. The number of ketones is 1. The minimum absolute atomic E-state index is 0.0414. The minimum Gasteiger partial charge on any atom is -0.343 e. The zero-order valence-electron chi connectivity index (χ0n) is 12.9. The van der Waals surface area contributed by atoms with Crippen molar-refractivity contribution in [3.8, 4) is 0 Å². The summed E-state index contributed by atoms with van der Waals surface area (Å²) < 4.78 is 12.8. The van der Waals surface area contributed by atoms with Crippen LogP contribution in [0.25, 0.3) is 0 Å². The number of carbonyl (C=O) groups is 2. The monoisotopic (exact) mass is 293 g/mol. The molecule has 0 saturated heterocycles. The Morgan fingerprint density at radius 2 is 1.57 bits per heavy atom. The molecule has 3 nitrogen and oxygen atoms in total. The highest BCUT2D eigenvalue weighted by Crippen LogP contribution is 2.10. The van der Waals surface area contributed by atoms with Crippen LogP contribution in [0, 0.1) is 5.82 Å². The first-order valence-electron chi connectivity index (χ1n) is 7.65. The largest absolute Gasteiger partial charge is 0.343 e. The van der Waals surface area contributed by atoms with Crippen molar-refractivity contribution in [1.82, 2.24) is 4.90 Å². The Bertz CT molecular complexity index is 450. The lowest BCUT2D eigenvalue weighted by molar-refractivity contribution is -0.131. The molecule has 1 rings (SSSR count). The lowest BCUT2D eigenvalue weighted by Crippen LogP contribution is -2.32. The van der Waals surface area contributed by atoms with Gasteiger partial charge in [-0.25, -0.2) is 4.39 Å². The molecular weight excluding hydrogens is 269 g/mol. The predicted octanol–water partition coefficient (Wildman–Crippen LogP) is 3.83. The van der Waals surface area contributed by atoms with E-state index < -0.39 is 0 Å². The summed E-state index contributed by atoms with van der Waals surface area (Å²) in [7, 11) is 0. The zero-order chi connectivity index (χ0) is 15.7. The van der Waals surface area contributed by atoms with Gasteiger partial charge in [-0.3, -0.25) is 9.59 Å². The quantitative estimate of drug-likeness (QED) is 0.649. The highest BCUT2D eigenvalue weighted by molar-refractivity contribution is 5.96. The van der Waals surface area contributed by atoms with E-state index in [0.29, 0.717) is 24.8 Å². The van der Waals surface area contributed by atoms with Crippen molar-refractivity contribution in [3.05, 3.63) is 35.6 Å². The van der Waals surface area contributed by atoms with Gasteiger partial charge < -0.3 is 4.90 Å². The van der Waals surface area contributed by atoms with Gasteiger partial charge in [0.15, 0.2) is 5.78 Å². The molecule has 0 unspecified atom stereocenters. The first-order valence-corrected chi connectivity index (χ1v) is 7.65. The lowest BCUT2D eigenvalue weighted by atomic mass is 10.1. The van der Waals surface area contributed by atoms with Gasteiger partial charge in [-0.1, -0.05) is 13.8 Å². The molecule has 4 heteroatoms. The summed E-state index contributed by atoms with van der Waals surface area (Å²) in [6.07, 6.45) is 3.15. The molecule has 1 aromatic carbocycles. The molecule has 0 bridgehead atoms. The second kappa shape index (κ2) is 9.27. The van der Waals surface area contributed by atoms with E-state index in [1.54, 1.807) is 0 Å². The van der Waals surface area contributed by atoms with Crippen LogP contribution in [0.2, 0.25) is 0 Å². The van der Waals surface area contributed by atoms with Gasteiger partial charge in [0.05, 0.1) is 0 Å². The number of hydrogen-bond acceptors (Lipinski definition) is 2. The second-order valence-corrected chi connectivity index (χ2v) is 5.16. The number of carbonyl (C=O) groups excluding carboxylic acids is 2. The van der Waals surface area contributed by atoms with Crippen LogP contribution in [-0.2, 0) is 4.79 Å². The van der Waals surface area contributed by atoms with Crippen molar-refractivity contribution in [2.24, 2.45) is 0 Å². The first-order chi connectivity index (χ1) is 10.1. The van der Waals surface area contributed by atoms with Gasteiger partial charge in [0, 0.05) is 31.5 Å². The molecule has 0 spiro atoms. The molecule has 21 heavy (non-hydrogen) atoms. The standard InChI is InChI=1S/C17H24FNO2/c1-3-12-19(13-4-2)17(21)7-5-6-16(20)14-8-10-15(18)11-9-14/h8-11H,3-7,12-13H2,1-2H3. The summed E-state index contributed by atoms with van der Waals surface area (Å²) in [4.78, 5) is 25.8. The molecule has 0 saturated carbocycles. The predicted molar refractivity (Wildman–Crippen MR) is 81.7 cm³/mol. The highest BCUT2D eigenvalue weighted by atomic mass is 19.1. The van der Waals surface area contributed by atoms with E-state index >= 15 is 0 Å². The topological polar surface area (TPSA) is 37.4 Å². The van der Waals surface area contributed by atoms with Gasteiger partial charge in [-0.05, 0) is 43.5 Å². The van der Waals surface area contributed by atoms with Crippen LogP contribution in [0.5, 0.6) is 0 Å². The average Bonchev–Trinajstić information content (AvgIpc) is 2.47. The van der Waals surface area contributed by atoms with Crippen LogP contribution in [0.1, 0.15) is 56.3 Å². The van der Waals surface area contributed by atoms with Gasteiger partial charge in [-0.15, -0.1) is 0 Å². The van der Waals surface area contributed by atoms with E-state index in [2.05, 4.69) is 0 Å². The van der Waals surface area contributed by atoms with E-state index in [0.717, 1.165) is 25.9 Å². The van der Waals surface area contributed by atoms with Crippen LogP contribution in [0.15, 0.2) is 24.3 Å². The van der Waals surface area contributed by atoms with Gasteiger partial charge in [0.2, 0.25) is 5.91 Å². The Morgan fingerprint density at radius 1 is 1.00 bits per heavy atom. The Labute approximate surface area is 126 Å². The van der Waals surface area contributed by atoms with Crippen LogP contribution in [0.3, 0.4) is 0 Å². The molecule has 0 atom stereocenters. The van der Waals surface area contributed by atoms with Crippen LogP contribution in [0.4, 0.5) is 4.39 Å². The first kappa shape index (κ1) is 17.3. The summed E-state index contributed by atoms with van der Waals surface area (Å²) in [6.45, 7) is 5.65. The molecule has 0 aliphatic rings. The van der Waals surface area contributed by atoms with Crippen molar-refractivity contribution >= 4 is 11.7 Å². The number of hydrogen-bond donors (Lipinski definition) is 0. The van der Waals surface area contributed by atoms with Gasteiger partial charge >= 0.3 is 0 Å². The summed E-state index contributed by atoms with van der Waals surface area (Å²) in [5.74, 6) is -0.276. The fourth-order valence-electron chi connectivity index (χ4n) is 2.24. The van der Waals surface area contributed by atoms with Crippen LogP contribution >= 0.6 is 0 Å². The molecule has 0 radical (unpaired) electrons. The number of Topliss-reactive ketones (excluding diaryl/α,β-unsaturated/α-hetero) is 1. The molecule has 1 aromatic rings. The van der Waals surface area contributed by atoms with Gasteiger partial charge in [-0.2, -0.15) is 0 Å². The van der Waals surface area contributed by atoms with E-state index in [-0.39, 0.29) is 17.5 Å². The minimum atomic E-state index is -0.350. The molecule has 1 amide bonds.